The van der Waals surface area contributed by atoms with E-state index in [1.165, 1.54) is 0 Å². The summed E-state index contributed by atoms with van der Waals surface area (Å²) in [6.07, 6.45) is 8.13. The van der Waals surface area contributed by atoms with E-state index < -0.39 is 0 Å². The molecule has 1 fully saturated rings. The average molecular weight is 264 g/mol. The highest BCUT2D eigenvalue weighted by atomic mass is 32.2. The van der Waals surface area contributed by atoms with E-state index in [1.54, 1.807) is 12.1 Å². The molecule has 0 aromatic rings. The topological polar surface area (TPSA) is 33.7 Å². The molecule has 3 aliphatic heterocycles. The number of allylic oxidation sites excluding steroid dienone is 3. The van der Waals surface area contributed by atoms with Crippen molar-refractivity contribution in [2.75, 3.05) is 0 Å². The SMILES string of the molecule is CC1(C)OB(C2=CC3=CNSN3C=C2)OC1(C)C. The van der Waals surface area contributed by atoms with E-state index in [4.69, 9.17) is 9.31 Å². The summed E-state index contributed by atoms with van der Waals surface area (Å²) in [7, 11) is -0.292. The van der Waals surface area contributed by atoms with Gasteiger partial charge in [-0.25, -0.2) is 0 Å². The van der Waals surface area contributed by atoms with Gasteiger partial charge in [0.1, 0.15) is 0 Å². The zero-order valence-corrected chi connectivity index (χ0v) is 11.9. The molecule has 0 bridgehead atoms. The number of rotatable bonds is 1. The van der Waals surface area contributed by atoms with Crippen LogP contribution in [-0.4, -0.2) is 22.6 Å². The quantitative estimate of drug-likeness (QED) is 0.581. The molecule has 4 nitrogen and oxygen atoms in total. The van der Waals surface area contributed by atoms with Gasteiger partial charge in [0.2, 0.25) is 0 Å². The fourth-order valence-corrected chi connectivity index (χ4v) is 2.60. The summed E-state index contributed by atoms with van der Waals surface area (Å²) < 4.78 is 17.2. The fraction of sp³-hybridized carbons (Fsp3) is 0.500. The fourth-order valence-electron chi connectivity index (χ4n) is 1.98. The molecule has 0 atom stereocenters. The van der Waals surface area contributed by atoms with Gasteiger partial charge in [-0.05, 0) is 45.3 Å². The van der Waals surface area contributed by atoms with Crippen LogP contribution in [0.15, 0.2) is 35.7 Å². The molecule has 6 heteroatoms. The molecule has 1 N–H and O–H groups in total. The lowest BCUT2D eigenvalue weighted by molar-refractivity contribution is 0.00578. The molecule has 0 radical (unpaired) electrons. The molecule has 0 spiro atoms. The van der Waals surface area contributed by atoms with Gasteiger partial charge in [0.05, 0.1) is 29.0 Å². The Balaban J connectivity index is 1.84. The Hall–Kier alpha value is -0.845. The number of hydrogen-bond acceptors (Lipinski definition) is 5. The first-order chi connectivity index (χ1) is 8.39. The van der Waals surface area contributed by atoms with Crippen molar-refractivity contribution in [2.24, 2.45) is 0 Å². The first-order valence-electron chi connectivity index (χ1n) is 6.06. The lowest BCUT2D eigenvalue weighted by Gasteiger charge is -2.32. The maximum atomic E-state index is 6.04. The van der Waals surface area contributed by atoms with Crippen molar-refractivity contribution in [1.82, 2.24) is 9.03 Å². The van der Waals surface area contributed by atoms with Crippen molar-refractivity contribution in [3.8, 4) is 0 Å². The predicted octanol–water partition coefficient (Wildman–Crippen LogP) is 2.38. The highest BCUT2D eigenvalue weighted by Crippen LogP contribution is 2.40. The van der Waals surface area contributed by atoms with Crippen LogP contribution in [0.25, 0.3) is 0 Å². The Bertz CT molecular complexity index is 455. The van der Waals surface area contributed by atoms with Crippen molar-refractivity contribution in [3.63, 3.8) is 0 Å². The minimum atomic E-state index is -0.292. The van der Waals surface area contributed by atoms with Crippen LogP contribution in [0.5, 0.6) is 0 Å². The second-order valence-electron chi connectivity index (χ2n) is 5.65. The molecule has 0 aromatic heterocycles. The Morgan fingerprint density at radius 2 is 1.89 bits per heavy atom. The maximum absolute atomic E-state index is 6.04. The molecule has 96 valence electrons. The minimum absolute atomic E-state index is 0.291. The highest BCUT2D eigenvalue weighted by molar-refractivity contribution is 7.95. The molecule has 3 rings (SSSR count). The van der Waals surface area contributed by atoms with Gasteiger partial charge >= 0.3 is 7.12 Å². The first kappa shape index (κ1) is 12.2. The molecule has 0 aliphatic carbocycles. The van der Waals surface area contributed by atoms with E-state index in [9.17, 15) is 0 Å². The molecule has 18 heavy (non-hydrogen) atoms. The normalized spacial score (nSPS) is 27.8. The summed E-state index contributed by atoms with van der Waals surface area (Å²) in [5, 5.41) is 0. The van der Waals surface area contributed by atoms with Gasteiger partial charge in [-0.15, -0.1) is 0 Å². The van der Waals surface area contributed by atoms with Crippen molar-refractivity contribution in [1.29, 1.82) is 0 Å². The number of nitrogens with one attached hydrogen (secondary N) is 1. The van der Waals surface area contributed by atoms with Crippen LogP contribution < -0.4 is 4.72 Å². The minimum Gasteiger partial charge on any atom is -0.399 e. The Morgan fingerprint density at radius 3 is 2.56 bits per heavy atom. The highest BCUT2D eigenvalue weighted by Gasteiger charge is 2.52. The molecule has 1 saturated heterocycles. The second kappa shape index (κ2) is 3.82. The smallest absolute Gasteiger partial charge is 0.399 e. The molecular formula is C12H17BN2O2S. The standard InChI is InChI=1S/C12H17BN2O2S/c1-11(2)12(3,4)17-13(16-11)9-5-6-15-10(7-9)8-14-18-15/h5-8,14H,1-4H3. The molecule has 0 amide bonds. The summed E-state index contributed by atoms with van der Waals surface area (Å²) in [5.74, 6) is 0. The van der Waals surface area contributed by atoms with Crippen molar-refractivity contribution in [3.05, 3.63) is 35.7 Å². The molecule has 0 unspecified atom stereocenters. The van der Waals surface area contributed by atoms with Gasteiger partial charge in [0.15, 0.2) is 0 Å². The summed E-state index contributed by atoms with van der Waals surface area (Å²) in [6.45, 7) is 8.27. The average Bonchev–Trinajstić information content (AvgIpc) is 2.80. The van der Waals surface area contributed by atoms with Crippen molar-refractivity contribution >= 4 is 19.3 Å². The van der Waals surface area contributed by atoms with Gasteiger partial charge in [-0.3, -0.25) is 4.31 Å². The molecular weight excluding hydrogens is 247 g/mol. The Morgan fingerprint density at radius 1 is 1.22 bits per heavy atom. The number of nitrogens with zero attached hydrogens (tertiary/aromatic N) is 1. The predicted molar refractivity (Wildman–Crippen MR) is 74.0 cm³/mol. The van der Waals surface area contributed by atoms with Crippen LogP contribution in [0.3, 0.4) is 0 Å². The summed E-state index contributed by atoms with van der Waals surface area (Å²) in [6, 6.07) is 0. The van der Waals surface area contributed by atoms with Crippen LogP contribution in [0.2, 0.25) is 0 Å². The van der Waals surface area contributed by atoms with Gasteiger partial charge < -0.3 is 14.0 Å². The zero-order valence-electron chi connectivity index (χ0n) is 11.1. The number of hydrogen-bond donors (Lipinski definition) is 1. The molecule has 3 aliphatic rings. The number of fused-ring (bicyclic) bond motifs is 1. The first-order valence-corrected chi connectivity index (χ1v) is 6.84. The van der Waals surface area contributed by atoms with E-state index in [2.05, 4.69) is 42.8 Å². The van der Waals surface area contributed by atoms with Crippen LogP contribution in [0.4, 0.5) is 0 Å². The monoisotopic (exact) mass is 264 g/mol. The maximum Gasteiger partial charge on any atom is 0.494 e. The Labute approximate surface area is 112 Å². The summed E-state index contributed by atoms with van der Waals surface area (Å²) in [4.78, 5) is 0. The lowest BCUT2D eigenvalue weighted by Crippen LogP contribution is -2.41. The van der Waals surface area contributed by atoms with Crippen LogP contribution >= 0.6 is 12.1 Å². The van der Waals surface area contributed by atoms with Crippen molar-refractivity contribution < 1.29 is 9.31 Å². The second-order valence-corrected chi connectivity index (χ2v) is 6.46. The third-order valence-corrected chi connectivity index (χ3v) is 4.61. The third kappa shape index (κ3) is 1.79. The summed E-state index contributed by atoms with van der Waals surface area (Å²) in [5.41, 5.74) is 1.59. The zero-order chi connectivity index (χ0) is 13.0. The third-order valence-electron chi connectivity index (χ3n) is 3.85. The van der Waals surface area contributed by atoms with Crippen LogP contribution in [0, 0.1) is 0 Å². The van der Waals surface area contributed by atoms with E-state index in [1.807, 2.05) is 18.5 Å². The van der Waals surface area contributed by atoms with Crippen LogP contribution in [0.1, 0.15) is 27.7 Å². The van der Waals surface area contributed by atoms with E-state index in [-0.39, 0.29) is 18.3 Å². The van der Waals surface area contributed by atoms with Gasteiger partial charge in [-0.1, -0.05) is 0 Å². The van der Waals surface area contributed by atoms with Gasteiger partial charge in [0, 0.05) is 12.4 Å². The Kier molecular flexibility index (Phi) is 2.59. The summed E-state index contributed by atoms with van der Waals surface area (Å²) >= 11 is 1.55. The largest absolute Gasteiger partial charge is 0.494 e. The van der Waals surface area contributed by atoms with E-state index >= 15 is 0 Å². The van der Waals surface area contributed by atoms with E-state index in [0.717, 1.165) is 11.2 Å². The van der Waals surface area contributed by atoms with E-state index in [0.29, 0.717) is 0 Å². The lowest BCUT2D eigenvalue weighted by atomic mass is 9.77. The van der Waals surface area contributed by atoms with Gasteiger partial charge in [0.25, 0.3) is 0 Å². The molecule has 0 aromatic carbocycles. The molecule has 0 saturated carbocycles. The van der Waals surface area contributed by atoms with Gasteiger partial charge in [-0.2, -0.15) is 0 Å². The van der Waals surface area contributed by atoms with Crippen LogP contribution in [-0.2, 0) is 9.31 Å². The molecule has 3 heterocycles. The van der Waals surface area contributed by atoms with Crippen molar-refractivity contribution in [2.45, 2.75) is 38.9 Å².